The van der Waals surface area contributed by atoms with Gasteiger partial charge < -0.3 is 19.9 Å². The van der Waals surface area contributed by atoms with Gasteiger partial charge in [0.25, 0.3) is 0 Å². The number of hydrogen-bond donors (Lipinski definition) is 1. The molecule has 146 valence electrons. The van der Waals surface area contributed by atoms with Gasteiger partial charge in [-0.15, -0.1) is 0 Å². The molecular weight excluding hydrogens is 345 g/mol. The molecule has 0 aliphatic carbocycles. The predicted molar refractivity (Wildman–Crippen MR) is 105 cm³/mol. The third-order valence-electron chi connectivity index (χ3n) is 4.19. The molecule has 2 amide bonds. The highest BCUT2D eigenvalue weighted by Gasteiger charge is 2.14. The van der Waals surface area contributed by atoms with E-state index in [1.807, 2.05) is 49.3 Å². The number of benzene rings is 2. The lowest BCUT2D eigenvalue weighted by Crippen LogP contribution is -2.43. The molecule has 0 unspecified atom stereocenters. The zero-order valence-corrected chi connectivity index (χ0v) is 16.2. The van der Waals surface area contributed by atoms with Crippen LogP contribution in [0.5, 0.6) is 5.75 Å². The van der Waals surface area contributed by atoms with Crippen LogP contribution in [0.25, 0.3) is 0 Å². The molecule has 27 heavy (non-hydrogen) atoms. The molecule has 0 aliphatic rings. The number of nitrogens with one attached hydrogen (secondary N) is 1. The monoisotopic (exact) mass is 373 g/mol. The van der Waals surface area contributed by atoms with Gasteiger partial charge in [-0.25, -0.2) is 9.18 Å². The van der Waals surface area contributed by atoms with Gasteiger partial charge in [-0.05, 0) is 55.9 Å². The molecule has 0 bridgehead atoms. The lowest BCUT2D eigenvalue weighted by Gasteiger charge is -2.25. The van der Waals surface area contributed by atoms with E-state index in [1.165, 1.54) is 12.1 Å². The van der Waals surface area contributed by atoms with Crippen LogP contribution in [-0.4, -0.2) is 56.7 Å². The Labute approximate surface area is 160 Å². The van der Waals surface area contributed by atoms with E-state index in [4.69, 9.17) is 4.74 Å². The summed E-state index contributed by atoms with van der Waals surface area (Å²) in [7, 11) is 5.58. The number of methoxy groups -OCH3 is 1. The van der Waals surface area contributed by atoms with Crippen molar-refractivity contribution in [3.05, 3.63) is 65.5 Å². The Morgan fingerprint density at radius 1 is 1.07 bits per heavy atom. The first kappa shape index (κ1) is 20.7. The number of carbonyl (C=O) groups excluding carboxylic acids is 1. The van der Waals surface area contributed by atoms with Crippen LogP contribution in [0.2, 0.25) is 0 Å². The van der Waals surface area contributed by atoms with E-state index in [0.29, 0.717) is 26.1 Å². The summed E-state index contributed by atoms with van der Waals surface area (Å²) in [5.41, 5.74) is 1.87. The van der Waals surface area contributed by atoms with Crippen molar-refractivity contribution in [2.24, 2.45) is 0 Å². The maximum absolute atomic E-state index is 13.3. The minimum atomic E-state index is -0.260. The van der Waals surface area contributed by atoms with Crippen LogP contribution in [0, 0.1) is 5.82 Å². The van der Waals surface area contributed by atoms with Gasteiger partial charge in [0, 0.05) is 26.2 Å². The fraction of sp³-hybridized carbons (Fsp3) is 0.381. The third-order valence-corrected chi connectivity index (χ3v) is 4.19. The molecule has 1 N–H and O–H groups in total. The average Bonchev–Trinajstić information content (AvgIpc) is 2.65. The largest absolute Gasteiger partial charge is 0.497 e. The molecule has 6 heteroatoms. The van der Waals surface area contributed by atoms with Crippen LogP contribution in [0.4, 0.5) is 9.18 Å². The number of likely N-dealkylation sites (N-methyl/N-ethyl adjacent to an activating group) is 1. The van der Waals surface area contributed by atoms with Gasteiger partial charge in [-0.1, -0.05) is 24.3 Å². The highest BCUT2D eigenvalue weighted by molar-refractivity contribution is 5.74. The summed E-state index contributed by atoms with van der Waals surface area (Å²) in [5.74, 6) is 0.510. The van der Waals surface area contributed by atoms with Crippen LogP contribution in [0.1, 0.15) is 11.1 Å². The molecule has 2 aromatic carbocycles. The van der Waals surface area contributed by atoms with Crippen LogP contribution in [-0.2, 0) is 13.0 Å². The maximum Gasteiger partial charge on any atom is 0.317 e. The van der Waals surface area contributed by atoms with Crippen molar-refractivity contribution in [1.82, 2.24) is 15.1 Å². The molecule has 0 saturated carbocycles. The van der Waals surface area contributed by atoms with Gasteiger partial charge in [-0.2, -0.15) is 0 Å². The Bertz CT molecular complexity index is 737. The predicted octanol–water partition coefficient (Wildman–Crippen LogP) is 3.15. The number of urea groups is 1. The number of hydrogen-bond acceptors (Lipinski definition) is 3. The van der Waals surface area contributed by atoms with E-state index in [1.54, 1.807) is 18.1 Å². The zero-order valence-electron chi connectivity index (χ0n) is 16.2. The molecule has 0 heterocycles. The second-order valence-corrected chi connectivity index (χ2v) is 6.69. The normalized spacial score (nSPS) is 10.7. The first-order chi connectivity index (χ1) is 13.0. The van der Waals surface area contributed by atoms with Gasteiger partial charge in [0.05, 0.1) is 7.11 Å². The number of rotatable bonds is 9. The number of halogens is 1. The standard InChI is InChI=1S/C21H28FN3O2/c1-24(2)12-13-25(16-18-7-5-9-20(15-18)27-3)21(26)23-11-10-17-6-4-8-19(22)14-17/h4-9,14-15H,10-13,16H2,1-3H3,(H,23,26). The van der Waals surface area contributed by atoms with Crippen molar-refractivity contribution < 1.29 is 13.9 Å². The van der Waals surface area contributed by atoms with Gasteiger partial charge in [0.15, 0.2) is 0 Å². The molecule has 2 aromatic rings. The zero-order chi connectivity index (χ0) is 19.6. The quantitative estimate of drug-likeness (QED) is 0.734. The smallest absolute Gasteiger partial charge is 0.317 e. The Morgan fingerprint density at radius 2 is 1.81 bits per heavy atom. The Kier molecular flexibility index (Phi) is 8.07. The molecule has 0 atom stereocenters. The fourth-order valence-electron chi connectivity index (χ4n) is 2.68. The van der Waals surface area contributed by atoms with E-state index >= 15 is 0 Å². The van der Waals surface area contributed by atoms with Crippen LogP contribution in [0.3, 0.4) is 0 Å². The van der Waals surface area contributed by atoms with Gasteiger partial charge >= 0.3 is 6.03 Å². The summed E-state index contributed by atoms with van der Waals surface area (Å²) in [4.78, 5) is 16.5. The maximum atomic E-state index is 13.3. The van der Waals surface area contributed by atoms with Crippen molar-refractivity contribution in [2.45, 2.75) is 13.0 Å². The lowest BCUT2D eigenvalue weighted by atomic mass is 10.1. The van der Waals surface area contributed by atoms with E-state index in [9.17, 15) is 9.18 Å². The topological polar surface area (TPSA) is 44.8 Å². The minimum Gasteiger partial charge on any atom is -0.497 e. The Morgan fingerprint density at radius 3 is 2.52 bits per heavy atom. The van der Waals surface area contributed by atoms with E-state index in [2.05, 4.69) is 5.32 Å². The summed E-state index contributed by atoms with van der Waals surface area (Å²) < 4.78 is 18.5. The highest BCUT2D eigenvalue weighted by atomic mass is 19.1. The molecule has 0 spiro atoms. The molecule has 0 saturated heterocycles. The third kappa shape index (κ3) is 7.27. The van der Waals surface area contributed by atoms with Crippen molar-refractivity contribution >= 4 is 6.03 Å². The first-order valence-electron chi connectivity index (χ1n) is 9.03. The number of nitrogens with zero attached hydrogens (tertiary/aromatic N) is 2. The molecule has 2 rings (SSSR count). The van der Waals surface area contributed by atoms with Gasteiger partial charge in [-0.3, -0.25) is 0 Å². The molecule has 5 nitrogen and oxygen atoms in total. The first-order valence-corrected chi connectivity index (χ1v) is 9.03. The summed E-state index contributed by atoms with van der Waals surface area (Å²) in [6.45, 7) is 2.33. The molecule has 0 aliphatic heterocycles. The number of carbonyl (C=O) groups is 1. The Hall–Kier alpha value is -2.60. The van der Waals surface area contributed by atoms with E-state index < -0.39 is 0 Å². The second-order valence-electron chi connectivity index (χ2n) is 6.69. The fourth-order valence-corrected chi connectivity index (χ4v) is 2.68. The van der Waals surface area contributed by atoms with Gasteiger partial charge in [0.2, 0.25) is 0 Å². The molecular formula is C21H28FN3O2. The van der Waals surface area contributed by atoms with Crippen LogP contribution < -0.4 is 10.1 Å². The number of amides is 2. The second kappa shape index (κ2) is 10.5. The van der Waals surface area contributed by atoms with Crippen LogP contribution in [0.15, 0.2) is 48.5 Å². The SMILES string of the molecule is COc1cccc(CN(CCN(C)C)C(=O)NCCc2cccc(F)c2)c1. The van der Waals surface area contributed by atoms with Crippen molar-refractivity contribution in [3.63, 3.8) is 0 Å². The van der Waals surface area contributed by atoms with Crippen molar-refractivity contribution in [2.75, 3.05) is 40.8 Å². The summed E-state index contributed by atoms with van der Waals surface area (Å²) >= 11 is 0. The molecule has 0 fully saturated rings. The highest BCUT2D eigenvalue weighted by Crippen LogP contribution is 2.14. The lowest BCUT2D eigenvalue weighted by molar-refractivity contribution is 0.189. The molecule has 0 aromatic heterocycles. The summed E-state index contributed by atoms with van der Waals surface area (Å²) in [6, 6.07) is 14.0. The summed E-state index contributed by atoms with van der Waals surface area (Å²) in [6.07, 6.45) is 0.587. The van der Waals surface area contributed by atoms with E-state index in [0.717, 1.165) is 23.4 Å². The minimum absolute atomic E-state index is 0.129. The van der Waals surface area contributed by atoms with Crippen molar-refractivity contribution in [1.29, 1.82) is 0 Å². The number of ether oxygens (including phenoxy) is 1. The average molecular weight is 373 g/mol. The Balaban J connectivity index is 1.95. The van der Waals surface area contributed by atoms with Crippen molar-refractivity contribution in [3.8, 4) is 5.75 Å². The molecule has 0 radical (unpaired) electrons. The van der Waals surface area contributed by atoms with E-state index in [-0.39, 0.29) is 11.8 Å². The summed E-state index contributed by atoms with van der Waals surface area (Å²) in [5, 5.41) is 2.94. The van der Waals surface area contributed by atoms with Crippen LogP contribution >= 0.6 is 0 Å². The van der Waals surface area contributed by atoms with Gasteiger partial charge in [0.1, 0.15) is 11.6 Å².